The van der Waals surface area contributed by atoms with Crippen molar-refractivity contribution in [3.05, 3.63) is 23.2 Å². The van der Waals surface area contributed by atoms with E-state index < -0.39 is 0 Å². The molecule has 24 heavy (non-hydrogen) atoms. The quantitative estimate of drug-likeness (QED) is 0.601. The highest BCUT2D eigenvalue weighted by Crippen LogP contribution is 2.26. The summed E-state index contributed by atoms with van der Waals surface area (Å²) >= 11 is 7.84. The maximum absolute atomic E-state index is 6.17. The van der Waals surface area contributed by atoms with E-state index in [9.17, 15) is 0 Å². The van der Waals surface area contributed by atoms with Gasteiger partial charge in [0.2, 0.25) is 5.95 Å². The second-order valence-corrected chi connectivity index (χ2v) is 7.34. The number of nitrogens with zero attached hydrogens (tertiary/aromatic N) is 4. The number of rotatable bonds is 6. The third-order valence-corrected chi connectivity index (χ3v) is 5.01. The molecule has 6 nitrogen and oxygen atoms in total. The van der Waals surface area contributed by atoms with Crippen LogP contribution in [0.25, 0.3) is 10.9 Å². The van der Waals surface area contributed by atoms with Crippen molar-refractivity contribution in [1.29, 1.82) is 0 Å². The van der Waals surface area contributed by atoms with Crippen LogP contribution in [0.15, 0.2) is 18.2 Å². The number of halogens is 1. The number of hydrogen-bond donors (Lipinski definition) is 2. The monoisotopic (exact) mass is 366 g/mol. The van der Waals surface area contributed by atoms with Gasteiger partial charge in [0.05, 0.1) is 5.52 Å². The molecule has 0 saturated carbocycles. The molecule has 0 radical (unpaired) electrons. The van der Waals surface area contributed by atoms with E-state index >= 15 is 0 Å². The van der Waals surface area contributed by atoms with Gasteiger partial charge in [-0.25, -0.2) is 4.98 Å². The minimum Gasteiger partial charge on any atom is -0.369 e. The Morgan fingerprint density at radius 1 is 1.21 bits per heavy atom. The van der Waals surface area contributed by atoms with Gasteiger partial charge < -0.3 is 15.1 Å². The van der Waals surface area contributed by atoms with Crippen molar-refractivity contribution in [3.8, 4) is 0 Å². The number of hydrogen-bond acceptors (Lipinski definition) is 7. The van der Waals surface area contributed by atoms with E-state index in [4.69, 9.17) is 21.6 Å². The molecule has 1 fully saturated rings. The Morgan fingerprint density at radius 3 is 2.75 bits per heavy atom. The van der Waals surface area contributed by atoms with Crippen molar-refractivity contribution in [1.82, 2.24) is 19.6 Å². The van der Waals surface area contributed by atoms with E-state index in [0.29, 0.717) is 5.02 Å². The molecule has 2 aromatic rings. The first kappa shape index (κ1) is 17.5. The summed E-state index contributed by atoms with van der Waals surface area (Å²) in [5.74, 6) is 2.60. The molecule has 0 amide bonds. The van der Waals surface area contributed by atoms with E-state index in [1.807, 2.05) is 25.2 Å². The summed E-state index contributed by atoms with van der Waals surface area (Å²) in [4.78, 5) is 14.1. The average molecular weight is 367 g/mol. The zero-order chi connectivity index (χ0) is 16.9. The van der Waals surface area contributed by atoms with Crippen molar-refractivity contribution < 1.29 is 0 Å². The van der Waals surface area contributed by atoms with Gasteiger partial charge in [-0.05, 0) is 32.3 Å². The van der Waals surface area contributed by atoms with E-state index in [2.05, 4.69) is 26.9 Å². The van der Waals surface area contributed by atoms with Crippen LogP contribution in [0.1, 0.15) is 0 Å². The van der Waals surface area contributed by atoms with Crippen molar-refractivity contribution in [3.63, 3.8) is 0 Å². The Bertz CT molecular complexity index is 690. The third kappa shape index (κ3) is 4.22. The van der Waals surface area contributed by atoms with Gasteiger partial charge in [0.15, 0.2) is 0 Å². The molecular formula is C16H23ClN6S. The fourth-order valence-corrected chi connectivity index (χ4v) is 3.27. The van der Waals surface area contributed by atoms with E-state index in [1.54, 1.807) is 11.9 Å². The minimum absolute atomic E-state index is 0.700. The van der Waals surface area contributed by atoms with Gasteiger partial charge in [-0.1, -0.05) is 23.5 Å². The Hall–Kier alpha value is -1.28. The molecule has 2 heterocycles. The smallest absolute Gasteiger partial charge is 0.227 e. The highest BCUT2D eigenvalue weighted by Gasteiger charge is 2.18. The highest BCUT2D eigenvalue weighted by molar-refractivity contribution is 7.97. The summed E-state index contributed by atoms with van der Waals surface area (Å²) in [6.07, 6.45) is 0. The first-order valence-corrected chi connectivity index (χ1v) is 9.47. The van der Waals surface area contributed by atoms with Crippen molar-refractivity contribution in [2.75, 3.05) is 62.8 Å². The van der Waals surface area contributed by atoms with Crippen molar-refractivity contribution in [2.24, 2.45) is 0 Å². The summed E-state index contributed by atoms with van der Waals surface area (Å²) in [6, 6.07) is 5.77. The summed E-state index contributed by atoms with van der Waals surface area (Å²) in [5.41, 5.74) is 0.923. The van der Waals surface area contributed by atoms with Crippen LogP contribution in [0, 0.1) is 0 Å². The van der Waals surface area contributed by atoms with Crippen LogP contribution >= 0.6 is 23.5 Å². The molecular weight excluding hydrogens is 344 g/mol. The zero-order valence-electron chi connectivity index (χ0n) is 14.0. The summed E-state index contributed by atoms with van der Waals surface area (Å²) in [6.45, 7) is 4.79. The summed E-state index contributed by atoms with van der Waals surface area (Å²) < 4.78 is 3.08. The lowest BCUT2D eigenvalue weighted by Gasteiger charge is -2.32. The van der Waals surface area contributed by atoms with E-state index in [-0.39, 0.29) is 0 Å². The van der Waals surface area contributed by atoms with Gasteiger partial charge in [-0.15, -0.1) is 0 Å². The second-order valence-electron chi connectivity index (χ2n) is 5.80. The zero-order valence-corrected chi connectivity index (χ0v) is 15.6. The second kappa shape index (κ2) is 8.20. The van der Waals surface area contributed by atoms with Crippen LogP contribution in [0.2, 0.25) is 5.02 Å². The molecule has 0 spiro atoms. The Balaban J connectivity index is 1.88. The van der Waals surface area contributed by atoms with Gasteiger partial charge in [0, 0.05) is 48.9 Å². The Kier molecular flexibility index (Phi) is 5.99. The number of likely N-dealkylation sites (N-methyl/N-ethyl adjacent to an activating group) is 1. The van der Waals surface area contributed by atoms with Crippen LogP contribution in [-0.2, 0) is 0 Å². The molecule has 1 aromatic carbocycles. The van der Waals surface area contributed by atoms with Crippen LogP contribution < -0.4 is 14.9 Å². The number of aromatic nitrogens is 2. The fourth-order valence-electron chi connectivity index (χ4n) is 2.69. The fraction of sp³-hybridized carbons (Fsp3) is 0.500. The Morgan fingerprint density at radius 2 is 2.00 bits per heavy atom. The standard InChI is InChI=1S/C16H23ClN6S/c1-18-24-10-5-19-15-13-11-12(17)3-4-14(13)20-16(21-15)23-8-6-22(2)7-9-23/h3-4,11,18H,5-10H2,1-2H3,(H,19,20,21). The SMILES string of the molecule is CNSCCNc1nc(N2CCN(C)CC2)nc2ccc(Cl)cc12. The van der Waals surface area contributed by atoms with Crippen LogP contribution in [0.5, 0.6) is 0 Å². The number of fused-ring (bicyclic) bond motifs is 1. The van der Waals surface area contributed by atoms with Gasteiger partial charge in [0.25, 0.3) is 0 Å². The van der Waals surface area contributed by atoms with Crippen LogP contribution in [0.4, 0.5) is 11.8 Å². The lowest BCUT2D eigenvalue weighted by molar-refractivity contribution is 0.311. The van der Waals surface area contributed by atoms with Crippen LogP contribution in [-0.4, -0.2) is 67.4 Å². The van der Waals surface area contributed by atoms with Gasteiger partial charge >= 0.3 is 0 Å². The lowest BCUT2D eigenvalue weighted by Crippen LogP contribution is -2.45. The number of nitrogens with one attached hydrogen (secondary N) is 2. The van der Waals surface area contributed by atoms with Gasteiger partial charge in [-0.2, -0.15) is 4.98 Å². The van der Waals surface area contributed by atoms with Crippen LogP contribution in [0.3, 0.4) is 0 Å². The van der Waals surface area contributed by atoms with E-state index in [0.717, 1.165) is 61.1 Å². The first-order valence-electron chi connectivity index (χ1n) is 8.10. The highest BCUT2D eigenvalue weighted by atomic mass is 35.5. The molecule has 3 rings (SSSR count). The predicted octanol–water partition coefficient (Wildman–Crippen LogP) is 2.31. The molecule has 2 N–H and O–H groups in total. The molecule has 1 aliphatic rings. The van der Waals surface area contributed by atoms with Crippen molar-refractivity contribution in [2.45, 2.75) is 0 Å². The molecule has 1 aliphatic heterocycles. The molecule has 0 unspecified atom stereocenters. The van der Waals surface area contributed by atoms with E-state index in [1.165, 1.54) is 0 Å². The number of anilines is 2. The molecule has 1 aromatic heterocycles. The van der Waals surface area contributed by atoms with Crippen molar-refractivity contribution >= 4 is 46.2 Å². The number of benzene rings is 1. The largest absolute Gasteiger partial charge is 0.369 e. The topological polar surface area (TPSA) is 56.3 Å². The molecule has 8 heteroatoms. The van der Waals surface area contributed by atoms with Gasteiger partial charge in [0.1, 0.15) is 5.82 Å². The summed E-state index contributed by atoms with van der Waals surface area (Å²) in [7, 11) is 4.07. The summed E-state index contributed by atoms with van der Waals surface area (Å²) in [5, 5.41) is 5.10. The maximum atomic E-state index is 6.17. The normalized spacial score (nSPS) is 15.9. The maximum Gasteiger partial charge on any atom is 0.227 e. The first-order chi connectivity index (χ1) is 11.7. The Labute approximate surface area is 152 Å². The third-order valence-electron chi connectivity index (χ3n) is 4.07. The lowest BCUT2D eigenvalue weighted by atomic mass is 10.2. The number of piperazine rings is 1. The minimum atomic E-state index is 0.700. The average Bonchev–Trinajstić information content (AvgIpc) is 2.59. The molecule has 1 saturated heterocycles. The van der Waals surface area contributed by atoms with Gasteiger partial charge in [-0.3, -0.25) is 4.72 Å². The molecule has 0 bridgehead atoms. The molecule has 130 valence electrons. The molecule has 0 aliphatic carbocycles. The predicted molar refractivity (Wildman–Crippen MR) is 104 cm³/mol. The molecule has 0 atom stereocenters.